The summed E-state index contributed by atoms with van der Waals surface area (Å²) >= 11 is 2.42. The molecule has 0 aliphatic rings. The van der Waals surface area contributed by atoms with Gasteiger partial charge < -0.3 is 0 Å². The van der Waals surface area contributed by atoms with Crippen LogP contribution in [-0.4, -0.2) is 10.5 Å². The Morgan fingerprint density at radius 2 is 0.545 bits per heavy atom. The Bertz CT molecular complexity index is 307. The van der Waals surface area contributed by atoms with Gasteiger partial charge in [-0.2, -0.15) is 11.8 Å². The van der Waals surface area contributed by atoms with Crippen molar-refractivity contribution in [3.63, 3.8) is 0 Å². The van der Waals surface area contributed by atoms with Crippen LogP contribution in [0, 0.1) is 0 Å². The molecule has 33 heavy (non-hydrogen) atoms. The lowest BCUT2D eigenvalue weighted by molar-refractivity contribution is 0.534. The van der Waals surface area contributed by atoms with E-state index in [1.807, 2.05) is 0 Å². The molecule has 0 radical (unpaired) electrons. The first-order chi connectivity index (χ1) is 16.3. The van der Waals surface area contributed by atoms with Crippen LogP contribution in [0.5, 0.6) is 0 Å². The Hall–Kier alpha value is 0.350. The van der Waals surface area contributed by atoms with Crippen LogP contribution in [0.3, 0.4) is 0 Å². The van der Waals surface area contributed by atoms with E-state index in [1.165, 1.54) is 167 Å². The van der Waals surface area contributed by atoms with Gasteiger partial charge in [0, 0.05) is 10.5 Å². The lowest BCUT2D eigenvalue weighted by atomic mass is 10.0. The van der Waals surface area contributed by atoms with E-state index in [-0.39, 0.29) is 0 Å². The summed E-state index contributed by atoms with van der Waals surface area (Å²) in [6.45, 7) is 9.38. The zero-order chi connectivity index (χ0) is 24.2. The fourth-order valence-corrected chi connectivity index (χ4v) is 6.82. The molecule has 0 fully saturated rings. The average molecular weight is 483 g/mol. The molecular weight excluding hydrogens is 416 g/mol. The summed E-state index contributed by atoms with van der Waals surface area (Å²) in [5, 5.41) is 1.88. The van der Waals surface area contributed by atoms with E-state index in [2.05, 4.69) is 39.5 Å². The van der Waals surface area contributed by atoms with Crippen molar-refractivity contribution in [2.75, 3.05) is 0 Å². The van der Waals surface area contributed by atoms with Crippen molar-refractivity contribution < 1.29 is 0 Å². The molecule has 200 valence electrons. The molecule has 0 aromatic heterocycles. The largest absolute Gasteiger partial charge is 0.155 e. The normalized spacial score (nSPS) is 13.5. The second-order valence-electron chi connectivity index (χ2n) is 10.9. The maximum atomic E-state index is 2.42. The number of rotatable bonds is 28. The van der Waals surface area contributed by atoms with Gasteiger partial charge in [-0.05, 0) is 25.7 Å². The van der Waals surface area contributed by atoms with Crippen LogP contribution in [0.1, 0.15) is 195 Å². The van der Waals surface area contributed by atoms with E-state index in [4.69, 9.17) is 0 Å². The minimum absolute atomic E-state index is 0.940. The number of hydrogen-bond donors (Lipinski definition) is 0. The lowest BCUT2D eigenvalue weighted by Crippen LogP contribution is -2.12. The lowest BCUT2D eigenvalue weighted by Gasteiger charge is -2.24. The molecule has 0 bridgehead atoms. The van der Waals surface area contributed by atoms with Gasteiger partial charge in [0.15, 0.2) is 0 Å². The minimum atomic E-state index is 0.940. The van der Waals surface area contributed by atoms with Crippen LogP contribution in [-0.2, 0) is 0 Å². The SMILES string of the molecule is CCCCCCCCCCCC(CCCC)SC(CCCC)CCCCCCCCCCC. The van der Waals surface area contributed by atoms with E-state index >= 15 is 0 Å². The topological polar surface area (TPSA) is 0 Å². The highest BCUT2D eigenvalue weighted by atomic mass is 32.2. The fourth-order valence-electron chi connectivity index (χ4n) is 5.06. The Balaban J connectivity index is 4.10. The van der Waals surface area contributed by atoms with E-state index in [1.54, 1.807) is 0 Å². The Kier molecular flexibility index (Phi) is 28.9. The fraction of sp³-hybridized carbons (Fsp3) is 1.00. The molecule has 0 aliphatic heterocycles. The van der Waals surface area contributed by atoms with E-state index in [0.717, 1.165) is 10.5 Å². The summed E-state index contributed by atoms with van der Waals surface area (Å²) in [5.74, 6) is 0. The summed E-state index contributed by atoms with van der Waals surface area (Å²) in [4.78, 5) is 0. The molecule has 0 nitrogen and oxygen atoms in total. The zero-order valence-electron chi connectivity index (χ0n) is 23.9. The third-order valence-corrected chi connectivity index (χ3v) is 9.12. The van der Waals surface area contributed by atoms with Gasteiger partial charge in [-0.25, -0.2) is 0 Å². The van der Waals surface area contributed by atoms with Crippen molar-refractivity contribution >= 4 is 11.8 Å². The minimum Gasteiger partial charge on any atom is -0.155 e. The quantitative estimate of drug-likeness (QED) is 0.0999. The number of unbranched alkanes of at least 4 members (excludes halogenated alkanes) is 18. The highest BCUT2D eigenvalue weighted by molar-refractivity contribution is 8.00. The Morgan fingerprint density at radius 1 is 0.303 bits per heavy atom. The first kappa shape index (κ1) is 33.4. The molecule has 0 N–H and O–H groups in total. The second kappa shape index (κ2) is 28.6. The molecule has 0 rings (SSSR count). The third kappa shape index (κ3) is 25.3. The van der Waals surface area contributed by atoms with Crippen LogP contribution < -0.4 is 0 Å². The molecule has 1 heteroatoms. The van der Waals surface area contributed by atoms with Gasteiger partial charge in [0.2, 0.25) is 0 Å². The van der Waals surface area contributed by atoms with Crippen LogP contribution in [0.2, 0.25) is 0 Å². The summed E-state index contributed by atoms with van der Waals surface area (Å²) in [6, 6.07) is 0. The van der Waals surface area contributed by atoms with Crippen molar-refractivity contribution in [3.8, 4) is 0 Å². The molecule has 2 unspecified atom stereocenters. The Labute approximate surface area is 216 Å². The van der Waals surface area contributed by atoms with Crippen molar-refractivity contribution in [2.45, 2.75) is 205 Å². The van der Waals surface area contributed by atoms with Crippen LogP contribution >= 0.6 is 11.8 Å². The van der Waals surface area contributed by atoms with E-state index in [0.29, 0.717) is 0 Å². The molecule has 2 atom stereocenters. The summed E-state index contributed by atoms with van der Waals surface area (Å²) in [5.41, 5.74) is 0. The smallest absolute Gasteiger partial charge is 0.00498 e. The zero-order valence-corrected chi connectivity index (χ0v) is 24.8. The van der Waals surface area contributed by atoms with Gasteiger partial charge in [0.25, 0.3) is 0 Å². The van der Waals surface area contributed by atoms with Gasteiger partial charge in [0.05, 0.1) is 0 Å². The van der Waals surface area contributed by atoms with Gasteiger partial charge in [0.1, 0.15) is 0 Å². The van der Waals surface area contributed by atoms with Crippen LogP contribution in [0.15, 0.2) is 0 Å². The molecule has 0 saturated carbocycles. The van der Waals surface area contributed by atoms with Crippen LogP contribution in [0.4, 0.5) is 0 Å². The summed E-state index contributed by atoms with van der Waals surface area (Å²) < 4.78 is 0. The molecule has 0 saturated heterocycles. The predicted octanol–water partition coefficient (Wildman–Crippen LogP) is 12.7. The van der Waals surface area contributed by atoms with E-state index in [9.17, 15) is 0 Å². The average Bonchev–Trinajstić information content (AvgIpc) is 2.83. The molecule has 0 aromatic carbocycles. The maximum absolute atomic E-state index is 2.42. The molecule has 0 spiro atoms. The first-order valence-electron chi connectivity index (χ1n) is 15.9. The molecule has 0 amide bonds. The van der Waals surface area contributed by atoms with Gasteiger partial charge in [-0.15, -0.1) is 0 Å². The molecular formula is C32H66S. The van der Waals surface area contributed by atoms with E-state index < -0.39 is 0 Å². The van der Waals surface area contributed by atoms with Gasteiger partial charge >= 0.3 is 0 Å². The monoisotopic (exact) mass is 482 g/mol. The number of thioether (sulfide) groups is 1. The third-order valence-electron chi connectivity index (χ3n) is 7.40. The molecule has 0 aliphatic carbocycles. The highest BCUT2D eigenvalue weighted by Crippen LogP contribution is 2.33. The van der Waals surface area contributed by atoms with Crippen LogP contribution in [0.25, 0.3) is 0 Å². The van der Waals surface area contributed by atoms with Gasteiger partial charge in [-0.3, -0.25) is 0 Å². The predicted molar refractivity (Wildman–Crippen MR) is 158 cm³/mol. The Morgan fingerprint density at radius 3 is 0.848 bits per heavy atom. The summed E-state index contributed by atoms with van der Waals surface area (Å²) in [7, 11) is 0. The van der Waals surface area contributed by atoms with Crippen molar-refractivity contribution in [3.05, 3.63) is 0 Å². The van der Waals surface area contributed by atoms with Gasteiger partial charge in [-0.1, -0.05) is 169 Å². The highest BCUT2D eigenvalue weighted by Gasteiger charge is 2.16. The second-order valence-corrected chi connectivity index (χ2v) is 12.5. The van der Waals surface area contributed by atoms with Crippen molar-refractivity contribution in [1.29, 1.82) is 0 Å². The maximum Gasteiger partial charge on any atom is 0.00498 e. The molecule has 0 heterocycles. The van der Waals surface area contributed by atoms with Crippen molar-refractivity contribution in [1.82, 2.24) is 0 Å². The van der Waals surface area contributed by atoms with Crippen molar-refractivity contribution in [2.24, 2.45) is 0 Å². The molecule has 0 aromatic rings. The first-order valence-corrected chi connectivity index (χ1v) is 16.9. The summed E-state index contributed by atoms with van der Waals surface area (Å²) in [6.07, 6.45) is 37.8. The number of hydrogen-bond acceptors (Lipinski definition) is 1. The standard InChI is InChI=1S/C32H66S/c1-5-9-13-15-17-19-21-23-25-29-31(27-11-7-3)33-32(28-12-8-4)30-26-24-22-20-18-16-14-10-6-2/h31-32H,5-30H2,1-4H3.